The average molecular weight is 325 g/mol. The first-order valence-corrected chi connectivity index (χ1v) is 8.48. The number of alkyl halides is 1. The molecule has 1 fully saturated rings. The molecule has 0 aromatic heterocycles. The zero-order chi connectivity index (χ0) is 17.2. The Kier molecular flexibility index (Phi) is 9.33. The normalized spacial score (nSPS) is 18.9. The molecule has 0 spiro atoms. The van der Waals surface area contributed by atoms with Crippen LogP contribution >= 0.6 is 0 Å². The molecule has 1 saturated heterocycles. The maximum Gasteiger partial charge on any atom is 0.107 e. The molecule has 2 N–H and O–H groups in total. The highest BCUT2D eigenvalue weighted by molar-refractivity contribution is 5.25. The highest BCUT2D eigenvalue weighted by atomic mass is 19.1. The number of methoxy groups -OCH3 is 1. The first-order chi connectivity index (χ1) is 11.1. The molecule has 1 aliphatic rings. The lowest BCUT2D eigenvalue weighted by Crippen LogP contribution is -2.43. The summed E-state index contributed by atoms with van der Waals surface area (Å²) in [7, 11) is 3.73. The molecule has 0 aliphatic carbocycles. The smallest absolute Gasteiger partial charge is 0.107 e. The van der Waals surface area contributed by atoms with Crippen molar-refractivity contribution < 1.29 is 9.13 Å². The first kappa shape index (κ1) is 20.0. The zero-order valence-electron chi connectivity index (χ0n) is 15.0. The van der Waals surface area contributed by atoms with Crippen LogP contribution in [-0.2, 0) is 11.3 Å². The minimum Gasteiger partial charge on any atom is -0.375 e. The molecule has 0 saturated carbocycles. The number of nitrogens with zero attached hydrogens (tertiary/aromatic N) is 2. The van der Waals surface area contributed by atoms with Crippen molar-refractivity contribution >= 4 is 0 Å². The van der Waals surface area contributed by atoms with E-state index in [2.05, 4.69) is 29.0 Å². The monoisotopic (exact) mass is 325 g/mol. The SMILES string of the molecule is CC.COC(c1ccc(CN2CCN(C)CC2)cc1)C(N)CF. The van der Waals surface area contributed by atoms with Crippen LogP contribution in [0, 0.1) is 0 Å². The number of ether oxygens (including phenoxy) is 1. The molecule has 0 bridgehead atoms. The summed E-state index contributed by atoms with van der Waals surface area (Å²) in [6.45, 7) is 8.82. The van der Waals surface area contributed by atoms with Gasteiger partial charge in [0.15, 0.2) is 0 Å². The molecule has 1 aromatic rings. The van der Waals surface area contributed by atoms with Gasteiger partial charge in [0.1, 0.15) is 6.67 Å². The van der Waals surface area contributed by atoms with Gasteiger partial charge in [-0.3, -0.25) is 4.90 Å². The molecule has 4 nitrogen and oxygen atoms in total. The second-order valence-corrected chi connectivity index (χ2v) is 5.80. The van der Waals surface area contributed by atoms with E-state index < -0.39 is 12.7 Å². The summed E-state index contributed by atoms with van der Waals surface area (Å²) in [5, 5.41) is 0. The number of hydrogen-bond donors (Lipinski definition) is 1. The number of halogens is 1. The predicted octanol–water partition coefficient (Wildman–Crippen LogP) is 2.44. The summed E-state index contributed by atoms with van der Waals surface area (Å²) in [5.74, 6) is 0. The van der Waals surface area contributed by atoms with E-state index >= 15 is 0 Å². The van der Waals surface area contributed by atoms with Crippen LogP contribution in [0.4, 0.5) is 4.39 Å². The maximum atomic E-state index is 12.7. The number of hydrogen-bond acceptors (Lipinski definition) is 4. The molecule has 2 rings (SSSR count). The summed E-state index contributed by atoms with van der Waals surface area (Å²) in [6, 6.07) is 7.55. The largest absolute Gasteiger partial charge is 0.375 e. The molecule has 5 heteroatoms. The Morgan fingerprint density at radius 3 is 2.17 bits per heavy atom. The second-order valence-electron chi connectivity index (χ2n) is 5.80. The topological polar surface area (TPSA) is 41.7 Å². The van der Waals surface area contributed by atoms with Gasteiger partial charge < -0.3 is 15.4 Å². The lowest BCUT2D eigenvalue weighted by atomic mass is 10.0. The van der Waals surface area contributed by atoms with Crippen molar-refractivity contribution in [3.05, 3.63) is 35.4 Å². The summed E-state index contributed by atoms with van der Waals surface area (Å²) in [4.78, 5) is 4.80. The first-order valence-electron chi connectivity index (χ1n) is 8.48. The molecule has 1 aromatic carbocycles. The fraction of sp³-hybridized carbons (Fsp3) is 0.667. The minimum atomic E-state index is -0.613. The van der Waals surface area contributed by atoms with Gasteiger partial charge >= 0.3 is 0 Å². The van der Waals surface area contributed by atoms with E-state index in [1.807, 2.05) is 26.0 Å². The van der Waals surface area contributed by atoms with Crippen LogP contribution in [0.3, 0.4) is 0 Å². The molecule has 2 unspecified atom stereocenters. The van der Waals surface area contributed by atoms with Gasteiger partial charge in [0.05, 0.1) is 12.1 Å². The van der Waals surface area contributed by atoms with Crippen molar-refractivity contribution in [2.24, 2.45) is 5.73 Å². The van der Waals surface area contributed by atoms with Gasteiger partial charge in [0, 0.05) is 39.8 Å². The zero-order valence-corrected chi connectivity index (χ0v) is 15.0. The van der Waals surface area contributed by atoms with Gasteiger partial charge in [-0.1, -0.05) is 38.1 Å². The van der Waals surface area contributed by atoms with Crippen molar-refractivity contribution in [2.45, 2.75) is 32.5 Å². The van der Waals surface area contributed by atoms with Crippen LogP contribution in [0.5, 0.6) is 0 Å². The molecule has 23 heavy (non-hydrogen) atoms. The van der Waals surface area contributed by atoms with Gasteiger partial charge in [-0.05, 0) is 18.2 Å². The van der Waals surface area contributed by atoms with Gasteiger partial charge in [-0.25, -0.2) is 4.39 Å². The van der Waals surface area contributed by atoms with E-state index in [1.165, 1.54) is 5.56 Å². The summed E-state index contributed by atoms with van der Waals surface area (Å²) in [5.41, 5.74) is 7.95. The van der Waals surface area contributed by atoms with Crippen molar-refractivity contribution in [1.29, 1.82) is 0 Å². The molecular weight excluding hydrogens is 293 g/mol. The Morgan fingerprint density at radius 2 is 1.70 bits per heavy atom. The maximum absolute atomic E-state index is 12.7. The molecule has 0 amide bonds. The molecule has 0 radical (unpaired) electrons. The summed E-state index contributed by atoms with van der Waals surface area (Å²) in [6.07, 6.45) is -0.382. The Balaban J connectivity index is 0.00000127. The fourth-order valence-corrected chi connectivity index (χ4v) is 2.72. The van der Waals surface area contributed by atoms with Crippen LogP contribution in [-0.4, -0.2) is 62.9 Å². The van der Waals surface area contributed by atoms with E-state index in [1.54, 1.807) is 7.11 Å². The van der Waals surface area contributed by atoms with Crippen molar-refractivity contribution in [3.63, 3.8) is 0 Å². The molecule has 1 aliphatic heterocycles. The van der Waals surface area contributed by atoms with E-state index in [4.69, 9.17) is 10.5 Å². The van der Waals surface area contributed by atoms with Gasteiger partial charge in [0.25, 0.3) is 0 Å². The Morgan fingerprint density at radius 1 is 1.13 bits per heavy atom. The number of piperazine rings is 1. The number of rotatable bonds is 6. The van der Waals surface area contributed by atoms with Crippen LogP contribution in [0.1, 0.15) is 31.1 Å². The van der Waals surface area contributed by atoms with Crippen molar-refractivity contribution in [1.82, 2.24) is 9.80 Å². The number of benzene rings is 1. The van der Waals surface area contributed by atoms with Crippen LogP contribution in [0.15, 0.2) is 24.3 Å². The van der Waals surface area contributed by atoms with Gasteiger partial charge in [-0.15, -0.1) is 0 Å². The number of nitrogens with two attached hydrogens (primary N) is 1. The van der Waals surface area contributed by atoms with Crippen LogP contribution in [0.2, 0.25) is 0 Å². The lowest BCUT2D eigenvalue weighted by molar-refractivity contribution is 0.0720. The Bertz CT molecular complexity index is 419. The summed E-state index contributed by atoms with van der Waals surface area (Å²) < 4.78 is 18.0. The molecule has 2 atom stereocenters. The molecule has 1 heterocycles. The predicted molar refractivity (Wildman–Crippen MR) is 94.3 cm³/mol. The van der Waals surface area contributed by atoms with E-state index in [-0.39, 0.29) is 6.10 Å². The van der Waals surface area contributed by atoms with Crippen LogP contribution < -0.4 is 5.73 Å². The lowest BCUT2D eigenvalue weighted by Gasteiger charge is -2.32. The quantitative estimate of drug-likeness (QED) is 0.872. The standard InChI is InChI=1S/C16H26FN3O.C2H6/c1-19-7-9-20(10-8-19)12-13-3-5-14(6-4-13)16(21-2)15(18)11-17;1-2/h3-6,15-16H,7-12,18H2,1-2H3;1-2H3. The van der Waals surface area contributed by atoms with Crippen molar-refractivity contribution in [3.8, 4) is 0 Å². The number of likely N-dealkylation sites (N-methyl/N-ethyl adjacent to an activating group) is 1. The average Bonchev–Trinajstić information content (AvgIpc) is 2.60. The van der Waals surface area contributed by atoms with Crippen molar-refractivity contribution in [2.75, 3.05) is 47.0 Å². The van der Waals surface area contributed by atoms with E-state index in [0.29, 0.717) is 0 Å². The minimum absolute atomic E-state index is 0.382. The second kappa shape index (κ2) is 10.7. The highest BCUT2D eigenvalue weighted by Gasteiger charge is 2.19. The van der Waals surface area contributed by atoms with E-state index in [9.17, 15) is 4.39 Å². The third kappa shape index (κ3) is 6.18. The summed E-state index contributed by atoms with van der Waals surface area (Å²) >= 11 is 0. The fourth-order valence-electron chi connectivity index (χ4n) is 2.72. The van der Waals surface area contributed by atoms with Gasteiger partial charge in [0.2, 0.25) is 0 Å². The molecule has 132 valence electrons. The van der Waals surface area contributed by atoms with Crippen LogP contribution in [0.25, 0.3) is 0 Å². The molecular formula is C18H32FN3O. The third-order valence-electron chi connectivity index (χ3n) is 4.13. The Labute approximate surface area is 140 Å². The Hall–Kier alpha value is -1.01. The third-order valence-corrected chi connectivity index (χ3v) is 4.13. The van der Waals surface area contributed by atoms with E-state index in [0.717, 1.165) is 38.3 Å². The highest BCUT2D eigenvalue weighted by Crippen LogP contribution is 2.21. The van der Waals surface area contributed by atoms with Gasteiger partial charge in [-0.2, -0.15) is 0 Å².